The molecule has 1 N–H and O–H groups in total. The summed E-state index contributed by atoms with van der Waals surface area (Å²) in [5, 5.41) is 9.02. The summed E-state index contributed by atoms with van der Waals surface area (Å²) in [6.45, 7) is 0. The van der Waals surface area contributed by atoms with E-state index in [1.807, 2.05) is 0 Å². The molecule has 0 saturated carbocycles. The van der Waals surface area contributed by atoms with Crippen molar-refractivity contribution >= 4 is 5.78 Å². The number of rotatable bonds is 2. The maximum atomic E-state index is 13.5. The zero-order chi connectivity index (χ0) is 16.7. The quantitative estimate of drug-likeness (QED) is 0.669. The van der Waals surface area contributed by atoms with E-state index in [1.165, 1.54) is 0 Å². The molecule has 0 radical (unpaired) electrons. The van der Waals surface area contributed by atoms with Crippen molar-refractivity contribution < 1.29 is 36.2 Å². The van der Waals surface area contributed by atoms with Crippen LogP contribution >= 0.6 is 0 Å². The molecular weight excluding hydrogens is 314 g/mol. The molecule has 0 saturated heterocycles. The largest absolute Gasteiger partial charge is 0.505 e. The normalized spacial score (nSPS) is 11.5. The van der Waals surface area contributed by atoms with Crippen molar-refractivity contribution in [2.75, 3.05) is 0 Å². The number of hydrogen-bond donors (Lipinski definition) is 1. The van der Waals surface area contributed by atoms with Gasteiger partial charge in [-0.1, -0.05) is 0 Å². The van der Waals surface area contributed by atoms with E-state index in [1.54, 1.807) is 0 Å². The van der Waals surface area contributed by atoms with Gasteiger partial charge in [-0.2, -0.15) is 13.2 Å². The second-order valence-corrected chi connectivity index (χ2v) is 4.30. The molecule has 2 nitrogen and oxygen atoms in total. The zero-order valence-corrected chi connectivity index (χ0v) is 10.5. The zero-order valence-electron chi connectivity index (χ0n) is 10.5. The third kappa shape index (κ3) is 2.90. The van der Waals surface area contributed by atoms with Crippen molar-refractivity contribution in [1.29, 1.82) is 0 Å². The Hall–Kier alpha value is -2.51. The van der Waals surface area contributed by atoms with Crippen LogP contribution in [0.5, 0.6) is 5.75 Å². The summed E-state index contributed by atoms with van der Waals surface area (Å²) < 4.78 is 78.1. The number of phenols is 1. The topological polar surface area (TPSA) is 37.3 Å². The van der Waals surface area contributed by atoms with Gasteiger partial charge in [0.15, 0.2) is 17.3 Å². The molecule has 0 heterocycles. The van der Waals surface area contributed by atoms with E-state index in [0.717, 1.165) is 0 Å². The predicted octanol–water partition coefficient (Wildman–Crippen LogP) is 4.06. The van der Waals surface area contributed by atoms with Crippen LogP contribution in [0.2, 0.25) is 0 Å². The number of alkyl halides is 3. The molecule has 0 fully saturated rings. The summed E-state index contributed by atoms with van der Waals surface area (Å²) in [4.78, 5) is 12.0. The van der Waals surface area contributed by atoms with Crippen molar-refractivity contribution in [1.82, 2.24) is 0 Å². The van der Waals surface area contributed by atoms with Crippen molar-refractivity contribution in [3.8, 4) is 5.75 Å². The molecule has 22 heavy (non-hydrogen) atoms. The second kappa shape index (κ2) is 5.36. The molecule has 116 valence electrons. The highest BCUT2D eigenvalue weighted by atomic mass is 19.4. The molecule has 0 aliphatic rings. The molecule has 2 aromatic rings. The lowest BCUT2D eigenvalue weighted by atomic mass is 9.97. The van der Waals surface area contributed by atoms with Gasteiger partial charge in [-0.25, -0.2) is 13.2 Å². The summed E-state index contributed by atoms with van der Waals surface area (Å²) in [5.41, 5.74) is -3.66. The van der Waals surface area contributed by atoms with Crippen LogP contribution in [-0.2, 0) is 6.18 Å². The SMILES string of the molecule is O=C(c1ccc(F)cc1F)c1cc(F)c(O)cc1C(F)(F)F. The average Bonchev–Trinajstić information content (AvgIpc) is 2.39. The fourth-order valence-corrected chi connectivity index (χ4v) is 1.80. The minimum Gasteiger partial charge on any atom is -0.505 e. The van der Waals surface area contributed by atoms with Crippen molar-refractivity contribution in [3.63, 3.8) is 0 Å². The Morgan fingerprint density at radius 2 is 1.55 bits per heavy atom. The van der Waals surface area contributed by atoms with Crippen molar-refractivity contribution in [2.24, 2.45) is 0 Å². The van der Waals surface area contributed by atoms with Gasteiger partial charge in [-0.05, 0) is 24.3 Å². The fraction of sp³-hybridized carbons (Fsp3) is 0.0714. The molecule has 0 amide bonds. The minimum atomic E-state index is -5.08. The van der Waals surface area contributed by atoms with E-state index in [2.05, 4.69) is 0 Å². The lowest BCUT2D eigenvalue weighted by Gasteiger charge is -2.13. The number of ketones is 1. The summed E-state index contributed by atoms with van der Waals surface area (Å²) in [5.74, 6) is -6.67. The molecule has 2 rings (SSSR count). The standard InChI is InChI=1S/C14H6F6O2/c15-6-1-2-7(10(16)3-6)13(22)8-4-11(17)12(21)5-9(8)14(18,19)20/h1-5,21H. The molecule has 0 aliphatic heterocycles. The highest BCUT2D eigenvalue weighted by molar-refractivity contribution is 6.10. The lowest BCUT2D eigenvalue weighted by molar-refractivity contribution is -0.138. The van der Waals surface area contributed by atoms with E-state index in [9.17, 15) is 31.1 Å². The first kappa shape index (κ1) is 15.9. The van der Waals surface area contributed by atoms with Gasteiger partial charge in [0.2, 0.25) is 0 Å². The molecule has 0 aliphatic carbocycles. The van der Waals surface area contributed by atoms with Crippen molar-refractivity contribution in [2.45, 2.75) is 6.18 Å². The van der Waals surface area contributed by atoms with Gasteiger partial charge in [0.25, 0.3) is 0 Å². The number of aromatic hydroxyl groups is 1. The average molecular weight is 320 g/mol. The smallest absolute Gasteiger partial charge is 0.417 e. The van der Waals surface area contributed by atoms with Gasteiger partial charge in [0.1, 0.15) is 11.6 Å². The highest BCUT2D eigenvalue weighted by Crippen LogP contribution is 2.36. The predicted molar refractivity (Wildman–Crippen MR) is 62.9 cm³/mol. The van der Waals surface area contributed by atoms with E-state index in [4.69, 9.17) is 5.11 Å². The van der Waals surface area contributed by atoms with Gasteiger partial charge >= 0.3 is 6.18 Å². The maximum absolute atomic E-state index is 13.5. The van der Waals surface area contributed by atoms with Crippen LogP contribution in [0.25, 0.3) is 0 Å². The number of carbonyl (C=O) groups is 1. The Balaban J connectivity index is 2.65. The number of phenolic OH excluding ortho intramolecular Hbond substituents is 1. The molecule has 2 aromatic carbocycles. The first-order chi connectivity index (χ1) is 10.1. The van der Waals surface area contributed by atoms with E-state index in [0.29, 0.717) is 18.2 Å². The Bertz CT molecular complexity index is 752. The van der Waals surface area contributed by atoms with E-state index in [-0.39, 0.29) is 12.1 Å². The summed E-state index contributed by atoms with van der Waals surface area (Å²) in [6, 6.07) is 1.84. The van der Waals surface area contributed by atoms with Gasteiger partial charge in [0.05, 0.1) is 11.1 Å². The van der Waals surface area contributed by atoms with E-state index < -0.39 is 51.9 Å². The van der Waals surface area contributed by atoms with Gasteiger partial charge in [0, 0.05) is 11.6 Å². The third-order valence-electron chi connectivity index (χ3n) is 2.81. The first-order valence-electron chi connectivity index (χ1n) is 5.70. The second-order valence-electron chi connectivity index (χ2n) is 4.30. The van der Waals surface area contributed by atoms with Gasteiger partial charge in [-0.3, -0.25) is 4.79 Å². The number of benzene rings is 2. The Kier molecular flexibility index (Phi) is 3.87. The molecule has 0 atom stereocenters. The molecule has 0 spiro atoms. The molecule has 0 unspecified atom stereocenters. The molecule has 0 aromatic heterocycles. The van der Waals surface area contributed by atoms with E-state index >= 15 is 0 Å². The first-order valence-corrected chi connectivity index (χ1v) is 5.70. The highest BCUT2D eigenvalue weighted by Gasteiger charge is 2.37. The van der Waals surface area contributed by atoms with Crippen molar-refractivity contribution in [3.05, 3.63) is 64.5 Å². The summed E-state index contributed by atoms with van der Waals surface area (Å²) in [7, 11) is 0. The molecular formula is C14H6F6O2. The van der Waals surface area contributed by atoms with Crippen LogP contribution in [-0.4, -0.2) is 10.9 Å². The Morgan fingerprint density at radius 1 is 0.909 bits per heavy atom. The summed E-state index contributed by atoms with van der Waals surface area (Å²) in [6.07, 6.45) is -5.08. The number of hydrogen-bond acceptors (Lipinski definition) is 2. The molecule has 8 heteroatoms. The fourth-order valence-electron chi connectivity index (χ4n) is 1.80. The van der Waals surface area contributed by atoms with Gasteiger partial charge < -0.3 is 5.11 Å². The maximum Gasteiger partial charge on any atom is 0.417 e. The van der Waals surface area contributed by atoms with Crippen LogP contribution in [0.4, 0.5) is 26.3 Å². The monoisotopic (exact) mass is 320 g/mol. The number of carbonyl (C=O) groups excluding carboxylic acids is 1. The van der Waals surface area contributed by atoms with Crippen LogP contribution in [0.15, 0.2) is 30.3 Å². The van der Waals surface area contributed by atoms with Gasteiger partial charge in [-0.15, -0.1) is 0 Å². The minimum absolute atomic E-state index is 0.0317. The Labute approximate surface area is 119 Å². The third-order valence-corrected chi connectivity index (χ3v) is 2.81. The van der Waals surface area contributed by atoms with Crippen LogP contribution < -0.4 is 0 Å². The molecule has 0 bridgehead atoms. The van der Waals surface area contributed by atoms with Crippen LogP contribution in [0.3, 0.4) is 0 Å². The van der Waals surface area contributed by atoms with Crippen LogP contribution in [0.1, 0.15) is 21.5 Å². The van der Waals surface area contributed by atoms with Crippen LogP contribution in [0, 0.1) is 17.5 Å². The lowest BCUT2D eigenvalue weighted by Crippen LogP contribution is -2.15. The Morgan fingerprint density at radius 3 is 2.09 bits per heavy atom. The number of halogens is 6. The summed E-state index contributed by atoms with van der Waals surface area (Å²) >= 11 is 0.